The van der Waals surface area contributed by atoms with Gasteiger partial charge in [-0.2, -0.15) is 0 Å². The summed E-state index contributed by atoms with van der Waals surface area (Å²) in [5.74, 6) is -0.122. The van der Waals surface area contributed by atoms with Crippen LogP contribution in [0.3, 0.4) is 0 Å². The average Bonchev–Trinajstić information content (AvgIpc) is 2.80. The minimum Gasteiger partial charge on any atom is -0.383 e. The predicted molar refractivity (Wildman–Crippen MR) is 106 cm³/mol. The molecule has 0 saturated heterocycles. The van der Waals surface area contributed by atoms with Crippen molar-refractivity contribution in [2.75, 3.05) is 63.7 Å². The zero-order chi connectivity index (χ0) is 19.9. The van der Waals surface area contributed by atoms with E-state index in [9.17, 15) is 13.2 Å². The van der Waals surface area contributed by atoms with Crippen molar-refractivity contribution in [2.24, 2.45) is 0 Å². The Hall–Kier alpha value is -1.19. The maximum atomic E-state index is 13.0. The van der Waals surface area contributed by atoms with Gasteiger partial charge in [-0.05, 0) is 24.6 Å². The molecule has 1 heterocycles. The molecular weight excluding hydrogens is 392 g/mol. The highest BCUT2D eigenvalue weighted by Crippen LogP contribution is 2.31. The van der Waals surface area contributed by atoms with Crippen LogP contribution in [0.25, 0.3) is 0 Å². The smallest absolute Gasteiger partial charge is 0.236 e. The molecule has 0 amide bonds. The van der Waals surface area contributed by atoms with Crippen molar-refractivity contribution in [3.8, 4) is 0 Å². The van der Waals surface area contributed by atoms with Crippen LogP contribution < -0.4 is 4.31 Å². The second-order valence-corrected chi connectivity index (χ2v) is 8.85. The highest BCUT2D eigenvalue weighted by Gasteiger charge is 2.29. The number of carbonyl (C=O) groups is 1. The Morgan fingerprint density at radius 2 is 1.81 bits per heavy atom. The number of halogens is 1. The molecule has 0 unspecified atom stereocenters. The molecule has 0 atom stereocenters. The molecule has 1 aliphatic heterocycles. The number of carbonyl (C=O) groups excluding carboxylic acids is 1. The lowest BCUT2D eigenvalue weighted by Crippen LogP contribution is -2.40. The Morgan fingerprint density at radius 3 is 2.44 bits per heavy atom. The molecule has 27 heavy (non-hydrogen) atoms. The number of ether oxygens (including phenoxy) is 2. The molecule has 0 N–H and O–H groups in total. The van der Waals surface area contributed by atoms with Gasteiger partial charge in [0.2, 0.25) is 10.0 Å². The van der Waals surface area contributed by atoms with Crippen LogP contribution in [0.15, 0.2) is 18.2 Å². The van der Waals surface area contributed by atoms with Gasteiger partial charge in [0.15, 0.2) is 5.78 Å². The van der Waals surface area contributed by atoms with Gasteiger partial charge in [0, 0.05) is 57.4 Å². The third-order valence-electron chi connectivity index (χ3n) is 4.52. The molecule has 7 nitrogen and oxygen atoms in total. The summed E-state index contributed by atoms with van der Waals surface area (Å²) >= 11 is 6.01. The standard InChI is InChI=1S/C18H27ClN2O5S/c1-25-11-8-20(9-12-26-2)10-13-27(23,24)21-7-3-4-18(22)16-14-15(19)5-6-17(16)21/h5-6,14H,3-4,7-13H2,1-2H3. The molecule has 152 valence electrons. The lowest BCUT2D eigenvalue weighted by molar-refractivity contribution is 0.0983. The van der Waals surface area contributed by atoms with Crippen LogP contribution in [0.5, 0.6) is 0 Å². The van der Waals surface area contributed by atoms with Crippen molar-refractivity contribution in [3.63, 3.8) is 0 Å². The van der Waals surface area contributed by atoms with E-state index in [2.05, 4.69) is 0 Å². The van der Waals surface area contributed by atoms with Crippen LogP contribution in [-0.4, -0.2) is 78.5 Å². The van der Waals surface area contributed by atoms with E-state index in [4.69, 9.17) is 21.1 Å². The Kier molecular flexibility index (Phi) is 8.50. The molecule has 0 radical (unpaired) electrons. The molecule has 1 aromatic rings. The molecule has 0 saturated carbocycles. The second-order valence-electron chi connectivity index (χ2n) is 6.40. The summed E-state index contributed by atoms with van der Waals surface area (Å²) in [5, 5.41) is 0.423. The van der Waals surface area contributed by atoms with Crippen molar-refractivity contribution >= 4 is 33.1 Å². The number of hydrogen-bond donors (Lipinski definition) is 0. The van der Waals surface area contributed by atoms with Crippen LogP contribution in [0, 0.1) is 0 Å². The quantitative estimate of drug-likeness (QED) is 0.578. The maximum absolute atomic E-state index is 13.0. The molecule has 1 aromatic carbocycles. The normalized spacial score (nSPS) is 15.1. The van der Waals surface area contributed by atoms with Gasteiger partial charge in [0.05, 0.1) is 24.7 Å². The molecule has 0 bridgehead atoms. The molecule has 2 rings (SSSR count). The van der Waals surface area contributed by atoms with Gasteiger partial charge in [-0.3, -0.25) is 14.0 Å². The van der Waals surface area contributed by atoms with E-state index in [1.165, 1.54) is 4.31 Å². The van der Waals surface area contributed by atoms with Crippen LogP contribution in [0.4, 0.5) is 5.69 Å². The predicted octanol–water partition coefficient (Wildman–Crippen LogP) is 2.05. The minimum atomic E-state index is -3.59. The van der Waals surface area contributed by atoms with E-state index in [0.29, 0.717) is 68.5 Å². The summed E-state index contributed by atoms with van der Waals surface area (Å²) in [5.41, 5.74) is 0.793. The third kappa shape index (κ3) is 6.15. The number of rotatable bonds is 10. The molecule has 0 fully saturated rings. The number of sulfonamides is 1. The number of nitrogens with zero attached hydrogens (tertiary/aromatic N) is 2. The number of fused-ring (bicyclic) bond motifs is 1. The van der Waals surface area contributed by atoms with Gasteiger partial charge in [-0.1, -0.05) is 11.6 Å². The number of anilines is 1. The van der Waals surface area contributed by atoms with Gasteiger partial charge < -0.3 is 9.47 Å². The summed E-state index contributed by atoms with van der Waals surface area (Å²) in [6.07, 6.45) is 0.800. The topological polar surface area (TPSA) is 76.2 Å². The fraction of sp³-hybridized carbons (Fsp3) is 0.611. The van der Waals surface area contributed by atoms with Crippen LogP contribution >= 0.6 is 11.6 Å². The number of hydrogen-bond acceptors (Lipinski definition) is 6. The lowest BCUT2D eigenvalue weighted by atomic mass is 10.1. The summed E-state index contributed by atoms with van der Waals surface area (Å²) in [6, 6.07) is 4.79. The first kappa shape index (κ1) is 22.1. The molecule has 1 aliphatic rings. The van der Waals surface area contributed by atoms with E-state index < -0.39 is 10.0 Å². The van der Waals surface area contributed by atoms with E-state index >= 15 is 0 Å². The second kappa shape index (κ2) is 10.4. The van der Waals surface area contributed by atoms with Gasteiger partial charge in [0.25, 0.3) is 0 Å². The van der Waals surface area contributed by atoms with Gasteiger partial charge in [-0.25, -0.2) is 8.42 Å². The maximum Gasteiger partial charge on any atom is 0.236 e. The van der Waals surface area contributed by atoms with Crippen molar-refractivity contribution in [3.05, 3.63) is 28.8 Å². The first-order valence-electron chi connectivity index (χ1n) is 8.92. The monoisotopic (exact) mass is 418 g/mol. The van der Waals surface area contributed by atoms with Crippen LogP contribution in [-0.2, 0) is 19.5 Å². The fourth-order valence-electron chi connectivity index (χ4n) is 3.01. The first-order valence-corrected chi connectivity index (χ1v) is 10.9. The van der Waals surface area contributed by atoms with E-state index in [1.807, 2.05) is 4.90 Å². The van der Waals surface area contributed by atoms with Crippen molar-refractivity contribution < 1.29 is 22.7 Å². The molecule has 0 aromatic heterocycles. The summed E-state index contributed by atoms with van der Waals surface area (Å²) in [4.78, 5) is 14.3. The van der Waals surface area contributed by atoms with Gasteiger partial charge >= 0.3 is 0 Å². The number of benzene rings is 1. The largest absolute Gasteiger partial charge is 0.383 e. The Morgan fingerprint density at radius 1 is 1.15 bits per heavy atom. The van der Waals surface area contributed by atoms with Crippen LogP contribution in [0.2, 0.25) is 5.02 Å². The fourth-order valence-corrected chi connectivity index (χ4v) is 4.75. The molecule has 9 heteroatoms. The summed E-state index contributed by atoms with van der Waals surface area (Å²) < 4.78 is 37.6. The first-order chi connectivity index (χ1) is 12.9. The third-order valence-corrected chi connectivity index (χ3v) is 6.50. The van der Waals surface area contributed by atoms with E-state index in [0.717, 1.165) is 0 Å². The highest BCUT2D eigenvalue weighted by atomic mass is 35.5. The van der Waals surface area contributed by atoms with E-state index in [1.54, 1.807) is 32.4 Å². The zero-order valence-electron chi connectivity index (χ0n) is 15.8. The summed E-state index contributed by atoms with van der Waals surface area (Å²) in [7, 11) is -0.361. The highest BCUT2D eigenvalue weighted by molar-refractivity contribution is 7.92. The van der Waals surface area contributed by atoms with Crippen LogP contribution in [0.1, 0.15) is 23.2 Å². The Bertz CT molecular complexity index is 733. The van der Waals surface area contributed by atoms with Crippen molar-refractivity contribution in [2.45, 2.75) is 12.8 Å². The molecule has 0 aliphatic carbocycles. The van der Waals surface area contributed by atoms with E-state index in [-0.39, 0.29) is 11.5 Å². The Balaban J connectivity index is 2.17. The van der Waals surface area contributed by atoms with Crippen molar-refractivity contribution in [1.29, 1.82) is 0 Å². The number of ketones is 1. The SMILES string of the molecule is COCCN(CCOC)CCS(=O)(=O)N1CCCC(=O)c2cc(Cl)ccc21. The average molecular weight is 419 g/mol. The number of methoxy groups -OCH3 is 2. The van der Waals surface area contributed by atoms with Gasteiger partial charge in [0.1, 0.15) is 0 Å². The Labute approximate surface area is 166 Å². The molecule has 0 spiro atoms. The zero-order valence-corrected chi connectivity index (χ0v) is 17.4. The minimum absolute atomic E-state index is 0.0450. The summed E-state index contributed by atoms with van der Waals surface area (Å²) in [6.45, 7) is 2.94. The molecular formula is C18H27ClN2O5S. The van der Waals surface area contributed by atoms with Crippen molar-refractivity contribution in [1.82, 2.24) is 4.90 Å². The van der Waals surface area contributed by atoms with Gasteiger partial charge in [-0.15, -0.1) is 0 Å². The lowest BCUT2D eigenvalue weighted by Gasteiger charge is -2.27. The number of Topliss-reactive ketones (excluding diaryl/α,β-unsaturated/α-hetero) is 1.